The lowest BCUT2D eigenvalue weighted by Gasteiger charge is -2.22. The fourth-order valence-electron chi connectivity index (χ4n) is 2.37. The summed E-state index contributed by atoms with van der Waals surface area (Å²) in [5, 5.41) is 8.86. The Labute approximate surface area is 157 Å². The van der Waals surface area contributed by atoms with Crippen molar-refractivity contribution in [2.75, 3.05) is 23.8 Å². The Bertz CT molecular complexity index is 742. The van der Waals surface area contributed by atoms with E-state index in [-0.39, 0.29) is 18.1 Å². The van der Waals surface area contributed by atoms with Crippen molar-refractivity contribution in [3.05, 3.63) is 54.3 Å². The van der Waals surface area contributed by atoms with E-state index in [2.05, 4.69) is 6.07 Å². The van der Waals surface area contributed by atoms with Gasteiger partial charge in [0.25, 0.3) is 0 Å². The minimum Gasteiger partial charge on any atom is -0.494 e. The summed E-state index contributed by atoms with van der Waals surface area (Å²) in [5.41, 5.74) is 0.750. The maximum atomic E-state index is 12.9. The first-order chi connectivity index (χ1) is 12.6. The summed E-state index contributed by atoms with van der Waals surface area (Å²) in [4.78, 5) is 15.2. The van der Waals surface area contributed by atoms with Gasteiger partial charge in [-0.2, -0.15) is 5.26 Å². The molecule has 2 rings (SSSR count). The van der Waals surface area contributed by atoms with Gasteiger partial charge in [0.2, 0.25) is 5.91 Å². The Balaban J connectivity index is 1.97. The van der Waals surface area contributed by atoms with E-state index in [1.165, 1.54) is 23.9 Å². The summed E-state index contributed by atoms with van der Waals surface area (Å²) in [6, 6.07) is 15.6. The SMILES string of the molecule is CCOc1ccc(N(CCC#N)C(=O)CCSc2ccc(F)cc2)cc1. The summed E-state index contributed by atoms with van der Waals surface area (Å²) in [6.07, 6.45) is 0.602. The van der Waals surface area contributed by atoms with Crippen LogP contribution in [-0.4, -0.2) is 24.8 Å². The Morgan fingerprint density at radius 2 is 1.88 bits per heavy atom. The van der Waals surface area contributed by atoms with Crippen LogP contribution in [0.15, 0.2) is 53.4 Å². The van der Waals surface area contributed by atoms with Gasteiger partial charge < -0.3 is 9.64 Å². The Hall–Kier alpha value is -2.52. The van der Waals surface area contributed by atoms with E-state index in [1.54, 1.807) is 17.0 Å². The van der Waals surface area contributed by atoms with Crippen LogP contribution < -0.4 is 9.64 Å². The largest absolute Gasteiger partial charge is 0.494 e. The van der Waals surface area contributed by atoms with Gasteiger partial charge in [0.1, 0.15) is 11.6 Å². The molecule has 2 aromatic rings. The third-order valence-corrected chi connectivity index (χ3v) is 4.62. The molecule has 0 aromatic heterocycles. The van der Waals surface area contributed by atoms with Gasteiger partial charge in [0.05, 0.1) is 19.1 Å². The van der Waals surface area contributed by atoms with E-state index in [0.29, 0.717) is 25.3 Å². The highest BCUT2D eigenvalue weighted by Crippen LogP contribution is 2.23. The zero-order valence-corrected chi connectivity index (χ0v) is 15.5. The van der Waals surface area contributed by atoms with Crippen LogP contribution in [0.4, 0.5) is 10.1 Å². The molecule has 6 heteroatoms. The lowest BCUT2D eigenvalue weighted by atomic mass is 10.2. The molecule has 26 heavy (non-hydrogen) atoms. The first-order valence-electron chi connectivity index (χ1n) is 8.42. The molecule has 0 bridgehead atoms. The molecule has 0 fully saturated rings. The summed E-state index contributed by atoms with van der Waals surface area (Å²) < 4.78 is 18.3. The molecule has 0 saturated carbocycles. The molecule has 0 spiro atoms. The topological polar surface area (TPSA) is 53.3 Å². The number of amides is 1. The van der Waals surface area contributed by atoms with E-state index < -0.39 is 0 Å². The number of halogens is 1. The van der Waals surface area contributed by atoms with Crippen LogP contribution in [0.1, 0.15) is 19.8 Å². The predicted octanol–water partition coefficient (Wildman–Crippen LogP) is 4.65. The second-order valence-corrected chi connectivity index (χ2v) is 6.60. The lowest BCUT2D eigenvalue weighted by Crippen LogP contribution is -2.32. The van der Waals surface area contributed by atoms with Crippen molar-refractivity contribution in [3.63, 3.8) is 0 Å². The number of ether oxygens (including phenoxy) is 1. The fourth-order valence-corrected chi connectivity index (χ4v) is 3.21. The molecule has 0 saturated heterocycles. The number of rotatable bonds is 9. The first kappa shape index (κ1) is 19.8. The smallest absolute Gasteiger partial charge is 0.227 e. The molecule has 0 aliphatic heterocycles. The van der Waals surface area contributed by atoms with E-state index in [1.807, 2.05) is 31.2 Å². The molecule has 0 N–H and O–H groups in total. The molecule has 136 valence electrons. The highest BCUT2D eigenvalue weighted by atomic mass is 32.2. The highest BCUT2D eigenvalue weighted by molar-refractivity contribution is 7.99. The molecule has 0 heterocycles. The number of nitrogens with zero attached hydrogens (tertiary/aromatic N) is 2. The van der Waals surface area contributed by atoms with E-state index >= 15 is 0 Å². The first-order valence-corrected chi connectivity index (χ1v) is 9.41. The van der Waals surface area contributed by atoms with Gasteiger partial charge in [-0.25, -0.2) is 4.39 Å². The number of carbonyl (C=O) groups excluding carboxylic acids is 1. The lowest BCUT2D eigenvalue weighted by molar-refractivity contribution is -0.118. The Kier molecular flexibility index (Phi) is 7.97. The molecule has 0 atom stereocenters. The van der Waals surface area contributed by atoms with Gasteiger partial charge in [-0.3, -0.25) is 4.79 Å². The van der Waals surface area contributed by atoms with Crippen molar-refractivity contribution >= 4 is 23.4 Å². The van der Waals surface area contributed by atoms with E-state index in [9.17, 15) is 9.18 Å². The average Bonchev–Trinajstić information content (AvgIpc) is 2.65. The summed E-state index contributed by atoms with van der Waals surface area (Å²) in [5.74, 6) is 1.02. The molecule has 0 aliphatic rings. The molecule has 1 amide bonds. The third-order valence-electron chi connectivity index (χ3n) is 3.61. The third kappa shape index (κ3) is 6.08. The van der Waals surface area contributed by atoms with Crippen molar-refractivity contribution in [3.8, 4) is 11.8 Å². The molecular weight excluding hydrogens is 351 g/mol. The minimum absolute atomic E-state index is 0.0426. The number of nitriles is 1. The van der Waals surface area contributed by atoms with Crippen LogP contribution in [0.5, 0.6) is 5.75 Å². The summed E-state index contributed by atoms with van der Waals surface area (Å²) in [6.45, 7) is 2.84. The number of benzene rings is 2. The van der Waals surface area contributed by atoms with E-state index in [4.69, 9.17) is 10.00 Å². The molecule has 0 aliphatic carbocycles. The normalized spacial score (nSPS) is 10.2. The van der Waals surface area contributed by atoms with Gasteiger partial charge in [0, 0.05) is 29.3 Å². The number of carbonyl (C=O) groups is 1. The average molecular weight is 372 g/mol. The van der Waals surface area contributed by atoms with Gasteiger partial charge >= 0.3 is 0 Å². The number of thioether (sulfide) groups is 1. The van der Waals surface area contributed by atoms with Crippen molar-refractivity contribution in [1.29, 1.82) is 5.26 Å². The van der Waals surface area contributed by atoms with Crippen LogP contribution in [0.3, 0.4) is 0 Å². The van der Waals surface area contributed by atoms with Crippen molar-refractivity contribution in [2.45, 2.75) is 24.7 Å². The quantitative estimate of drug-likeness (QED) is 0.601. The van der Waals surface area contributed by atoms with Crippen molar-refractivity contribution in [1.82, 2.24) is 0 Å². The van der Waals surface area contributed by atoms with Gasteiger partial charge in [-0.1, -0.05) is 0 Å². The standard InChI is InChI=1S/C20H21FN2O2S/c1-2-25-18-8-6-17(7-9-18)23(14-3-13-22)20(24)12-15-26-19-10-4-16(21)5-11-19/h4-11H,2-3,12,14-15H2,1H3. The fraction of sp³-hybridized carbons (Fsp3) is 0.300. The van der Waals surface area contributed by atoms with Gasteiger partial charge in [-0.15, -0.1) is 11.8 Å². The van der Waals surface area contributed by atoms with Gasteiger partial charge in [0.15, 0.2) is 0 Å². The summed E-state index contributed by atoms with van der Waals surface area (Å²) >= 11 is 1.50. The second kappa shape index (κ2) is 10.5. The highest BCUT2D eigenvalue weighted by Gasteiger charge is 2.15. The minimum atomic E-state index is -0.274. The maximum absolute atomic E-state index is 12.9. The molecule has 0 unspecified atom stereocenters. The van der Waals surface area contributed by atoms with Crippen molar-refractivity contribution < 1.29 is 13.9 Å². The van der Waals surface area contributed by atoms with Crippen LogP contribution in [0.25, 0.3) is 0 Å². The number of hydrogen-bond acceptors (Lipinski definition) is 4. The molecule has 0 radical (unpaired) electrons. The van der Waals surface area contributed by atoms with Crippen LogP contribution in [0.2, 0.25) is 0 Å². The molecule has 2 aromatic carbocycles. The number of hydrogen-bond donors (Lipinski definition) is 0. The maximum Gasteiger partial charge on any atom is 0.227 e. The zero-order chi connectivity index (χ0) is 18.8. The van der Waals surface area contributed by atoms with Crippen LogP contribution in [-0.2, 0) is 4.79 Å². The monoisotopic (exact) mass is 372 g/mol. The van der Waals surface area contributed by atoms with E-state index in [0.717, 1.165) is 16.3 Å². The number of anilines is 1. The van der Waals surface area contributed by atoms with Crippen molar-refractivity contribution in [2.24, 2.45) is 0 Å². The zero-order valence-electron chi connectivity index (χ0n) is 14.7. The predicted molar refractivity (Wildman–Crippen MR) is 102 cm³/mol. The Morgan fingerprint density at radius 3 is 2.50 bits per heavy atom. The summed E-state index contributed by atoms with van der Waals surface area (Å²) in [7, 11) is 0. The second-order valence-electron chi connectivity index (χ2n) is 5.43. The molecule has 4 nitrogen and oxygen atoms in total. The van der Waals surface area contributed by atoms with Crippen LogP contribution >= 0.6 is 11.8 Å². The Morgan fingerprint density at radius 1 is 1.19 bits per heavy atom. The molecular formula is C20H21FN2O2S. The van der Waals surface area contributed by atoms with Crippen LogP contribution in [0, 0.1) is 17.1 Å². The van der Waals surface area contributed by atoms with Gasteiger partial charge in [-0.05, 0) is 55.5 Å².